The van der Waals surface area contributed by atoms with Gasteiger partial charge in [-0.15, -0.1) is 11.3 Å². The number of benzene rings is 1. The lowest BCUT2D eigenvalue weighted by Gasteiger charge is -2.00. The molecule has 0 spiro atoms. The van der Waals surface area contributed by atoms with Crippen LogP contribution in [0.1, 0.15) is 29.4 Å². The van der Waals surface area contributed by atoms with Crippen LogP contribution in [0.4, 0.5) is 5.82 Å². The van der Waals surface area contributed by atoms with Gasteiger partial charge in [-0.25, -0.2) is 0 Å². The summed E-state index contributed by atoms with van der Waals surface area (Å²) in [4.78, 5) is 12.3. The fraction of sp³-hybridized carbons (Fsp3) is 0.200. The summed E-state index contributed by atoms with van der Waals surface area (Å²) in [5.74, 6) is 0.464. The van der Waals surface area contributed by atoms with Crippen LogP contribution in [0.25, 0.3) is 10.1 Å². The number of nitrogens with zero attached hydrogens (tertiary/aromatic N) is 1. The van der Waals surface area contributed by atoms with Gasteiger partial charge < -0.3 is 5.32 Å². The molecule has 0 radical (unpaired) electrons. The number of aryl methyl sites for hydroxylation is 1. The molecule has 0 bridgehead atoms. The first kappa shape index (κ1) is 12.9. The molecule has 1 amide bonds. The molecule has 0 atom stereocenters. The van der Waals surface area contributed by atoms with Crippen molar-refractivity contribution in [3.05, 3.63) is 47.0 Å². The first-order chi connectivity index (χ1) is 9.78. The first-order valence-electron chi connectivity index (χ1n) is 6.60. The molecule has 0 fully saturated rings. The first-order valence-corrected chi connectivity index (χ1v) is 7.47. The van der Waals surface area contributed by atoms with Crippen LogP contribution in [0.3, 0.4) is 0 Å². The molecule has 0 aliphatic carbocycles. The second-order valence-electron chi connectivity index (χ2n) is 4.63. The smallest absolute Gasteiger partial charge is 0.258 e. The van der Waals surface area contributed by atoms with Gasteiger partial charge in [-0.05, 0) is 12.5 Å². The number of hydrogen-bond donors (Lipinski definition) is 2. The number of anilines is 1. The topological polar surface area (TPSA) is 57.8 Å². The van der Waals surface area contributed by atoms with Crippen molar-refractivity contribution >= 4 is 33.1 Å². The Kier molecular flexibility index (Phi) is 3.52. The zero-order valence-electron chi connectivity index (χ0n) is 11.1. The highest BCUT2D eigenvalue weighted by molar-refractivity contribution is 7.17. The minimum absolute atomic E-state index is 0.114. The number of hydrogen-bond acceptors (Lipinski definition) is 3. The van der Waals surface area contributed by atoms with Gasteiger partial charge in [-0.2, -0.15) is 5.10 Å². The second kappa shape index (κ2) is 5.46. The maximum Gasteiger partial charge on any atom is 0.258 e. The number of carbonyl (C=O) groups is 1. The highest BCUT2D eigenvalue weighted by atomic mass is 32.1. The number of aromatic nitrogens is 2. The number of amides is 1. The Bertz CT molecular complexity index is 744. The molecule has 20 heavy (non-hydrogen) atoms. The fourth-order valence-corrected chi connectivity index (χ4v) is 3.10. The van der Waals surface area contributed by atoms with Gasteiger partial charge in [-0.3, -0.25) is 9.89 Å². The van der Waals surface area contributed by atoms with Gasteiger partial charge in [0.25, 0.3) is 5.91 Å². The monoisotopic (exact) mass is 285 g/mol. The summed E-state index contributed by atoms with van der Waals surface area (Å²) in [5, 5.41) is 12.8. The number of carbonyl (C=O) groups excluding carboxylic acids is 1. The molecule has 5 heteroatoms. The molecule has 1 aromatic carbocycles. The molecule has 102 valence electrons. The lowest BCUT2D eigenvalue weighted by Crippen LogP contribution is -2.11. The number of fused-ring (bicyclic) bond motifs is 1. The Balaban J connectivity index is 1.81. The average Bonchev–Trinajstić information content (AvgIpc) is 3.06. The minimum Gasteiger partial charge on any atom is -0.305 e. The van der Waals surface area contributed by atoms with Gasteiger partial charge >= 0.3 is 0 Å². The quantitative estimate of drug-likeness (QED) is 0.765. The van der Waals surface area contributed by atoms with E-state index in [1.807, 2.05) is 35.7 Å². The SMILES string of the molecule is CCCc1cc(NC(=O)c2csc3ccccc23)n[nH]1. The lowest BCUT2D eigenvalue weighted by molar-refractivity contribution is 0.102. The lowest BCUT2D eigenvalue weighted by atomic mass is 10.1. The van der Waals surface area contributed by atoms with Crippen molar-refractivity contribution in [2.75, 3.05) is 5.32 Å². The third-order valence-corrected chi connectivity index (χ3v) is 4.08. The highest BCUT2D eigenvalue weighted by Crippen LogP contribution is 2.26. The normalized spacial score (nSPS) is 10.8. The van der Waals surface area contributed by atoms with Crippen molar-refractivity contribution in [1.82, 2.24) is 10.2 Å². The summed E-state index contributed by atoms with van der Waals surface area (Å²) < 4.78 is 1.12. The Morgan fingerprint density at radius 3 is 3.10 bits per heavy atom. The van der Waals surface area contributed by atoms with E-state index in [2.05, 4.69) is 22.4 Å². The molecule has 0 saturated carbocycles. The van der Waals surface area contributed by atoms with Crippen LogP contribution in [0.15, 0.2) is 35.7 Å². The second-order valence-corrected chi connectivity index (χ2v) is 5.54. The predicted octanol–water partition coefficient (Wildman–Crippen LogP) is 3.83. The zero-order chi connectivity index (χ0) is 13.9. The van der Waals surface area contributed by atoms with Crippen LogP contribution in [0, 0.1) is 0 Å². The maximum absolute atomic E-state index is 12.3. The molecule has 0 saturated heterocycles. The third kappa shape index (κ3) is 2.44. The van der Waals surface area contributed by atoms with Crippen LogP contribution in [0.2, 0.25) is 0 Å². The molecule has 0 aliphatic heterocycles. The Morgan fingerprint density at radius 1 is 1.40 bits per heavy atom. The summed E-state index contributed by atoms with van der Waals surface area (Å²) in [6, 6.07) is 9.79. The Labute approximate surface area is 120 Å². The van der Waals surface area contributed by atoms with Crippen LogP contribution in [-0.4, -0.2) is 16.1 Å². The molecule has 2 aromatic heterocycles. The summed E-state index contributed by atoms with van der Waals surface area (Å²) in [5.41, 5.74) is 1.74. The van der Waals surface area contributed by atoms with E-state index < -0.39 is 0 Å². The number of thiophene rings is 1. The number of rotatable bonds is 4. The minimum atomic E-state index is -0.114. The van der Waals surface area contributed by atoms with Crippen LogP contribution >= 0.6 is 11.3 Å². The molecule has 2 heterocycles. The van der Waals surface area contributed by atoms with E-state index in [1.54, 1.807) is 11.3 Å². The summed E-state index contributed by atoms with van der Waals surface area (Å²) in [6.45, 7) is 2.11. The highest BCUT2D eigenvalue weighted by Gasteiger charge is 2.13. The predicted molar refractivity (Wildman–Crippen MR) is 82.4 cm³/mol. The van der Waals surface area contributed by atoms with E-state index in [-0.39, 0.29) is 5.91 Å². The van der Waals surface area contributed by atoms with Gasteiger partial charge in [0.15, 0.2) is 5.82 Å². The van der Waals surface area contributed by atoms with Gasteiger partial charge in [-0.1, -0.05) is 31.5 Å². The summed E-state index contributed by atoms with van der Waals surface area (Å²) in [7, 11) is 0. The number of aromatic amines is 1. The van der Waals surface area contributed by atoms with Gasteiger partial charge in [0.2, 0.25) is 0 Å². The molecule has 0 unspecified atom stereocenters. The van der Waals surface area contributed by atoms with E-state index >= 15 is 0 Å². The summed E-state index contributed by atoms with van der Waals surface area (Å²) >= 11 is 1.58. The largest absolute Gasteiger partial charge is 0.305 e. The average molecular weight is 285 g/mol. The van der Waals surface area contributed by atoms with E-state index in [1.165, 1.54) is 0 Å². The van der Waals surface area contributed by atoms with Crippen LogP contribution in [0.5, 0.6) is 0 Å². The van der Waals surface area contributed by atoms with Crippen molar-refractivity contribution in [3.8, 4) is 0 Å². The third-order valence-electron chi connectivity index (χ3n) is 3.12. The van der Waals surface area contributed by atoms with Crippen LogP contribution in [-0.2, 0) is 6.42 Å². The van der Waals surface area contributed by atoms with Crippen molar-refractivity contribution in [2.45, 2.75) is 19.8 Å². The Hall–Kier alpha value is -2.14. The molecule has 3 rings (SSSR count). The van der Waals surface area contributed by atoms with Crippen molar-refractivity contribution in [3.63, 3.8) is 0 Å². The zero-order valence-corrected chi connectivity index (χ0v) is 12.0. The molecular weight excluding hydrogens is 270 g/mol. The number of H-pyrrole nitrogens is 1. The molecule has 2 N–H and O–H groups in total. The maximum atomic E-state index is 12.3. The van der Waals surface area contributed by atoms with Gasteiger partial charge in [0.05, 0.1) is 5.56 Å². The molecule has 4 nitrogen and oxygen atoms in total. The van der Waals surface area contributed by atoms with E-state index in [9.17, 15) is 4.79 Å². The Morgan fingerprint density at radius 2 is 2.25 bits per heavy atom. The van der Waals surface area contributed by atoms with E-state index in [4.69, 9.17) is 0 Å². The van der Waals surface area contributed by atoms with Gasteiger partial charge in [0, 0.05) is 27.2 Å². The molecular formula is C15H15N3OS. The molecule has 0 aliphatic rings. The standard InChI is InChI=1S/C15H15N3OS/c1-2-5-10-8-14(18-17-10)16-15(19)12-9-20-13-7-4-3-6-11(12)13/h3-4,6-9H,2,5H2,1H3,(H2,16,17,18,19). The van der Waals surface area contributed by atoms with E-state index in [0.29, 0.717) is 11.4 Å². The summed E-state index contributed by atoms with van der Waals surface area (Å²) in [6.07, 6.45) is 1.98. The van der Waals surface area contributed by atoms with Crippen molar-refractivity contribution in [2.24, 2.45) is 0 Å². The molecule has 3 aromatic rings. The van der Waals surface area contributed by atoms with E-state index in [0.717, 1.165) is 28.6 Å². The fourth-order valence-electron chi connectivity index (χ4n) is 2.16. The number of nitrogens with one attached hydrogen (secondary N) is 2. The van der Waals surface area contributed by atoms with Crippen LogP contribution < -0.4 is 5.32 Å². The van der Waals surface area contributed by atoms with Gasteiger partial charge in [0.1, 0.15) is 0 Å². The van der Waals surface area contributed by atoms with Crippen molar-refractivity contribution < 1.29 is 4.79 Å². The van der Waals surface area contributed by atoms with Crippen molar-refractivity contribution in [1.29, 1.82) is 0 Å².